The Kier molecular flexibility index (Phi) is 12.4. The Labute approximate surface area is 247 Å². The van der Waals surface area contributed by atoms with Gasteiger partial charge in [0.15, 0.2) is 0 Å². The van der Waals surface area contributed by atoms with Crippen molar-refractivity contribution < 1.29 is 19.1 Å². The van der Waals surface area contributed by atoms with E-state index in [4.69, 9.17) is 4.74 Å². The van der Waals surface area contributed by atoms with Crippen molar-refractivity contribution in [2.75, 3.05) is 5.32 Å². The van der Waals surface area contributed by atoms with Crippen LogP contribution < -0.4 is 10.6 Å². The van der Waals surface area contributed by atoms with Crippen molar-refractivity contribution in [2.45, 2.75) is 112 Å². The van der Waals surface area contributed by atoms with Crippen LogP contribution in [0.3, 0.4) is 0 Å². The Hall–Kier alpha value is -3.35. The van der Waals surface area contributed by atoms with Gasteiger partial charge in [-0.15, -0.1) is 0 Å². The van der Waals surface area contributed by atoms with E-state index in [1.807, 2.05) is 83.1 Å². The fraction of sp³-hybridized carbons (Fsp3) is 0.559. The molecule has 0 saturated carbocycles. The highest BCUT2D eigenvalue weighted by Gasteiger charge is 2.39. The maximum absolute atomic E-state index is 14.6. The standard InChI is InChI=1S/C34H51N3O4/c1-22(2)18-19-26(7)37(32(39)29(20-23(3)4)36-33(40)41-34(8,9)10)30(27-16-13-14-24(5)21-27)31(38)35-28-17-12-11-15-25(28)6/h11-17,21-23,26,29-30H,18-20H2,1-10H3,(H,35,38)(H,36,40). The fourth-order valence-corrected chi connectivity index (χ4v) is 4.83. The van der Waals surface area contributed by atoms with Gasteiger partial charge in [0, 0.05) is 11.7 Å². The number of para-hydroxylation sites is 1. The third-order valence-corrected chi connectivity index (χ3v) is 6.87. The zero-order valence-electron chi connectivity index (χ0n) is 26.7. The molecule has 2 aromatic carbocycles. The van der Waals surface area contributed by atoms with Crippen LogP contribution in [0, 0.1) is 25.7 Å². The molecule has 226 valence electrons. The number of hydrogen-bond donors (Lipinski definition) is 2. The Bertz CT molecular complexity index is 1170. The van der Waals surface area contributed by atoms with Gasteiger partial charge in [-0.3, -0.25) is 9.59 Å². The lowest BCUT2D eigenvalue weighted by Crippen LogP contribution is -2.55. The number of amides is 3. The lowest BCUT2D eigenvalue weighted by molar-refractivity contribution is -0.144. The highest BCUT2D eigenvalue weighted by atomic mass is 16.6. The molecule has 0 bridgehead atoms. The molecule has 0 spiro atoms. The van der Waals surface area contributed by atoms with E-state index in [1.54, 1.807) is 25.7 Å². The number of hydrogen-bond acceptors (Lipinski definition) is 4. The average Bonchev–Trinajstić information content (AvgIpc) is 2.84. The van der Waals surface area contributed by atoms with E-state index in [9.17, 15) is 14.4 Å². The minimum absolute atomic E-state index is 0.116. The van der Waals surface area contributed by atoms with Gasteiger partial charge in [0.05, 0.1) is 0 Å². The number of alkyl carbamates (subject to hydrolysis) is 1. The molecule has 0 aliphatic heterocycles. The first-order chi connectivity index (χ1) is 19.1. The van der Waals surface area contributed by atoms with Crippen molar-refractivity contribution >= 4 is 23.6 Å². The molecule has 3 amide bonds. The van der Waals surface area contributed by atoms with Gasteiger partial charge in [0.2, 0.25) is 5.91 Å². The van der Waals surface area contributed by atoms with Gasteiger partial charge in [0.25, 0.3) is 5.91 Å². The molecule has 0 aliphatic rings. The molecule has 2 rings (SSSR count). The van der Waals surface area contributed by atoms with Crippen molar-refractivity contribution in [3.05, 3.63) is 65.2 Å². The summed E-state index contributed by atoms with van der Waals surface area (Å²) in [5.41, 5.74) is 2.63. The van der Waals surface area contributed by atoms with Crippen LogP contribution in [0.4, 0.5) is 10.5 Å². The highest BCUT2D eigenvalue weighted by Crippen LogP contribution is 2.30. The van der Waals surface area contributed by atoms with Crippen LogP contribution in [0.1, 0.15) is 97.4 Å². The molecule has 3 atom stereocenters. The zero-order chi connectivity index (χ0) is 30.9. The molecule has 7 nitrogen and oxygen atoms in total. The normalized spacial score (nSPS) is 13.9. The molecule has 0 radical (unpaired) electrons. The third-order valence-electron chi connectivity index (χ3n) is 6.87. The van der Waals surface area contributed by atoms with E-state index < -0.39 is 23.8 Å². The Morgan fingerprint density at radius 1 is 0.878 bits per heavy atom. The largest absolute Gasteiger partial charge is 0.444 e. The first-order valence-electron chi connectivity index (χ1n) is 14.8. The number of ether oxygens (including phenoxy) is 1. The third kappa shape index (κ3) is 10.9. The Balaban J connectivity index is 2.64. The molecule has 0 aliphatic carbocycles. The summed E-state index contributed by atoms with van der Waals surface area (Å²) < 4.78 is 5.52. The second kappa shape index (κ2) is 15.0. The number of carbonyl (C=O) groups is 3. The topological polar surface area (TPSA) is 87.7 Å². The number of anilines is 1. The number of nitrogens with zero attached hydrogens (tertiary/aromatic N) is 1. The summed E-state index contributed by atoms with van der Waals surface area (Å²) in [4.78, 5) is 43.3. The first kappa shape index (κ1) is 33.9. The molecule has 0 saturated heterocycles. The van der Waals surface area contributed by atoms with E-state index in [0.29, 0.717) is 24.4 Å². The predicted octanol–water partition coefficient (Wildman–Crippen LogP) is 7.58. The Morgan fingerprint density at radius 3 is 2.10 bits per heavy atom. The van der Waals surface area contributed by atoms with Gasteiger partial charge in [-0.05, 0) is 89.8 Å². The van der Waals surface area contributed by atoms with Crippen LogP contribution in [0.5, 0.6) is 0 Å². The van der Waals surface area contributed by atoms with E-state index in [1.165, 1.54) is 0 Å². The summed E-state index contributed by atoms with van der Waals surface area (Å²) in [6.07, 6.45) is 1.36. The molecule has 2 N–H and O–H groups in total. The lowest BCUT2D eigenvalue weighted by atomic mass is 9.94. The van der Waals surface area contributed by atoms with Gasteiger partial charge in [-0.25, -0.2) is 4.79 Å². The van der Waals surface area contributed by atoms with Crippen LogP contribution in [0.2, 0.25) is 0 Å². The summed E-state index contributed by atoms with van der Waals surface area (Å²) in [5.74, 6) is -0.0497. The van der Waals surface area contributed by atoms with Crippen molar-refractivity contribution in [3.8, 4) is 0 Å². The van der Waals surface area contributed by atoms with Gasteiger partial charge >= 0.3 is 6.09 Å². The summed E-state index contributed by atoms with van der Waals surface area (Å²) in [5, 5.41) is 5.93. The van der Waals surface area contributed by atoms with Crippen molar-refractivity contribution in [1.29, 1.82) is 0 Å². The van der Waals surface area contributed by atoms with Crippen molar-refractivity contribution in [3.63, 3.8) is 0 Å². The van der Waals surface area contributed by atoms with Crippen molar-refractivity contribution in [2.24, 2.45) is 11.8 Å². The molecule has 0 heterocycles. The molecule has 2 aromatic rings. The monoisotopic (exact) mass is 565 g/mol. The smallest absolute Gasteiger partial charge is 0.408 e. The number of aryl methyl sites for hydroxylation is 2. The minimum Gasteiger partial charge on any atom is -0.444 e. The Morgan fingerprint density at radius 2 is 1.54 bits per heavy atom. The van der Waals surface area contributed by atoms with Crippen molar-refractivity contribution in [1.82, 2.24) is 10.2 Å². The van der Waals surface area contributed by atoms with E-state index in [2.05, 4.69) is 24.5 Å². The SMILES string of the molecule is Cc1cccc(C(C(=O)Nc2ccccc2C)N(C(=O)C(CC(C)C)NC(=O)OC(C)(C)C)C(C)CCC(C)C)c1. The molecular formula is C34H51N3O4. The van der Waals surface area contributed by atoms with Crippen LogP contribution in [0.25, 0.3) is 0 Å². The van der Waals surface area contributed by atoms with Gasteiger partial charge in [0.1, 0.15) is 17.7 Å². The fourth-order valence-electron chi connectivity index (χ4n) is 4.83. The molecule has 41 heavy (non-hydrogen) atoms. The van der Waals surface area contributed by atoms with Crippen LogP contribution in [-0.2, 0) is 14.3 Å². The maximum Gasteiger partial charge on any atom is 0.408 e. The molecule has 7 heteroatoms. The zero-order valence-corrected chi connectivity index (χ0v) is 26.7. The predicted molar refractivity (Wildman–Crippen MR) is 167 cm³/mol. The van der Waals surface area contributed by atoms with E-state index in [-0.39, 0.29) is 23.8 Å². The number of carbonyl (C=O) groups excluding carboxylic acids is 3. The molecule has 0 fully saturated rings. The molecular weight excluding hydrogens is 514 g/mol. The highest BCUT2D eigenvalue weighted by molar-refractivity contribution is 5.99. The van der Waals surface area contributed by atoms with Crippen LogP contribution >= 0.6 is 0 Å². The molecule has 0 aromatic heterocycles. The number of rotatable bonds is 12. The number of nitrogens with one attached hydrogen (secondary N) is 2. The van der Waals surface area contributed by atoms with Crippen LogP contribution in [0.15, 0.2) is 48.5 Å². The minimum atomic E-state index is -0.903. The van der Waals surface area contributed by atoms with E-state index >= 15 is 0 Å². The van der Waals surface area contributed by atoms with E-state index in [0.717, 1.165) is 23.1 Å². The second-order valence-corrected chi connectivity index (χ2v) is 13.0. The van der Waals surface area contributed by atoms with Gasteiger partial charge in [-0.1, -0.05) is 75.7 Å². The van der Waals surface area contributed by atoms with Crippen LogP contribution in [-0.4, -0.2) is 40.5 Å². The maximum atomic E-state index is 14.6. The summed E-state index contributed by atoms with van der Waals surface area (Å²) in [6, 6.07) is 13.3. The summed E-state index contributed by atoms with van der Waals surface area (Å²) >= 11 is 0. The number of benzene rings is 2. The quantitative estimate of drug-likeness (QED) is 0.278. The summed E-state index contributed by atoms with van der Waals surface area (Å²) in [7, 11) is 0. The summed E-state index contributed by atoms with van der Waals surface area (Å²) in [6.45, 7) is 19.6. The lowest BCUT2D eigenvalue weighted by Gasteiger charge is -2.39. The second-order valence-electron chi connectivity index (χ2n) is 13.0. The first-order valence-corrected chi connectivity index (χ1v) is 14.8. The average molecular weight is 566 g/mol. The van der Waals surface area contributed by atoms with Gasteiger partial charge in [-0.2, -0.15) is 0 Å². The molecule has 3 unspecified atom stereocenters. The van der Waals surface area contributed by atoms with Gasteiger partial charge < -0.3 is 20.3 Å².